The molecule has 0 saturated carbocycles. The molecule has 0 aliphatic heterocycles. The van der Waals surface area contributed by atoms with Gasteiger partial charge in [-0.05, 0) is 35.4 Å². The fraction of sp³-hybridized carbons (Fsp3) is 0. The normalized spacial score (nSPS) is 11.6. The molecule has 0 atom stereocenters. The van der Waals surface area contributed by atoms with Gasteiger partial charge >= 0.3 is 0 Å². The summed E-state index contributed by atoms with van der Waals surface area (Å²) in [7, 11) is -3.66. The minimum absolute atomic E-state index is 0.142. The van der Waals surface area contributed by atoms with Crippen molar-refractivity contribution in [3.63, 3.8) is 0 Å². The summed E-state index contributed by atoms with van der Waals surface area (Å²) >= 11 is 0. The van der Waals surface area contributed by atoms with Crippen molar-refractivity contribution in [3.05, 3.63) is 59.7 Å². The second-order valence-electron chi connectivity index (χ2n) is 5.18. The molecule has 0 aliphatic rings. The van der Waals surface area contributed by atoms with Gasteiger partial charge in [0, 0.05) is 0 Å². The Kier molecular flexibility index (Phi) is 6.23. The van der Waals surface area contributed by atoms with Crippen molar-refractivity contribution in [2.24, 2.45) is 43.3 Å². The summed E-state index contributed by atoms with van der Waals surface area (Å²) in [5.74, 6) is -0.338. The van der Waals surface area contributed by atoms with Gasteiger partial charge in [0.15, 0.2) is 0 Å². The minimum Gasteiger partial charge on any atom is -0.369 e. The lowest BCUT2D eigenvalue weighted by Crippen LogP contribution is -2.21. The van der Waals surface area contributed by atoms with E-state index in [9.17, 15) is 8.42 Å². The molecule has 2 aromatic rings. The smallest absolute Gasteiger partial charge is 0.211 e. The Balaban J connectivity index is 2.20. The molecule has 8 N–H and O–H groups in total. The number of benzene rings is 2. The van der Waals surface area contributed by atoms with Crippen molar-refractivity contribution in [3.8, 4) is 0 Å². The third-order valence-electron chi connectivity index (χ3n) is 3.14. The molecule has 0 radical (unpaired) electrons. The zero-order valence-electron chi connectivity index (χ0n) is 14.1. The third-order valence-corrected chi connectivity index (χ3v) is 4.93. The first-order chi connectivity index (χ1) is 12.8. The van der Waals surface area contributed by atoms with Gasteiger partial charge in [-0.2, -0.15) is 10.2 Å². The Morgan fingerprint density at radius 3 is 1.30 bits per heavy atom. The Bertz CT molecular complexity index is 922. The van der Waals surface area contributed by atoms with Crippen LogP contribution in [0.3, 0.4) is 0 Å². The molecule has 0 aromatic heterocycles. The standard InChI is InChI=1S/C16H18N8O2S/c17-15(18)23-21-9-11-1-5-13(6-2-11)27(25,26)14-7-3-12(4-8-14)10-22-24-16(19)20/h1-10H,(H4,17,18,23)(H4,19,20,24)/b21-9-,22-10-. The van der Waals surface area contributed by atoms with Crippen molar-refractivity contribution in [2.75, 3.05) is 0 Å². The SMILES string of the molecule is NC(N)=N/N=C\c1ccc(S(=O)(=O)c2ccc(/C=N\N=C(N)N)cc2)cc1. The monoisotopic (exact) mass is 386 g/mol. The zero-order chi connectivity index (χ0) is 19.9. The van der Waals surface area contributed by atoms with Gasteiger partial charge in [0.2, 0.25) is 21.8 Å². The lowest BCUT2D eigenvalue weighted by Gasteiger charge is -2.05. The number of rotatable bonds is 6. The van der Waals surface area contributed by atoms with E-state index >= 15 is 0 Å². The first-order valence-corrected chi connectivity index (χ1v) is 8.96. The molecule has 0 amide bonds. The largest absolute Gasteiger partial charge is 0.369 e. The first kappa shape index (κ1) is 19.6. The van der Waals surface area contributed by atoms with E-state index in [0.29, 0.717) is 11.1 Å². The summed E-state index contributed by atoms with van der Waals surface area (Å²) in [6.07, 6.45) is 2.81. The van der Waals surface area contributed by atoms with Crippen molar-refractivity contribution in [1.82, 2.24) is 0 Å². The van der Waals surface area contributed by atoms with Crippen LogP contribution in [0.2, 0.25) is 0 Å². The fourth-order valence-corrected chi connectivity index (χ4v) is 3.19. The van der Waals surface area contributed by atoms with Crippen LogP contribution in [0.15, 0.2) is 78.7 Å². The van der Waals surface area contributed by atoms with Crippen LogP contribution in [0.4, 0.5) is 0 Å². The Morgan fingerprint density at radius 1 is 0.667 bits per heavy atom. The molecule has 0 saturated heterocycles. The minimum atomic E-state index is -3.66. The van der Waals surface area contributed by atoms with Crippen LogP contribution in [-0.2, 0) is 9.84 Å². The number of nitrogens with two attached hydrogens (primary N) is 4. The van der Waals surface area contributed by atoms with Crippen LogP contribution >= 0.6 is 0 Å². The van der Waals surface area contributed by atoms with E-state index in [1.54, 1.807) is 24.3 Å². The van der Waals surface area contributed by atoms with E-state index < -0.39 is 9.84 Å². The lowest BCUT2D eigenvalue weighted by atomic mass is 10.2. The van der Waals surface area contributed by atoms with Crippen LogP contribution in [-0.4, -0.2) is 32.8 Å². The summed E-state index contributed by atoms with van der Waals surface area (Å²) in [5.41, 5.74) is 21.9. The molecule has 0 fully saturated rings. The molecule has 0 unspecified atom stereocenters. The fourth-order valence-electron chi connectivity index (χ4n) is 1.93. The van der Waals surface area contributed by atoms with Crippen LogP contribution in [0.1, 0.15) is 11.1 Å². The molecule has 2 aromatic carbocycles. The van der Waals surface area contributed by atoms with Gasteiger partial charge in [0.25, 0.3) is 0 Å². The summed E-state index contributed by atoms with van der Waals surface area (Å²) in [6.45, 7) is 0. The van der Waals surface area contributed by atoms with Crippen LogP contribution in [0.25, 0.3) is 0 Å². The van der Waals surface area contributed by atoms with E-state index in [2.05, 4.69) is 20.4 Å². The molecule has 11 heteroatoms. The van der Waals surface area contributed by atoms with Crippen LogP contribution in [0, 0.1) is 0 Å². The quantitative estimate of drug-likeness (QED) is 0.300. The Morgan fingerprint density at radius 2 is 1.00 bits per heavy atom. The highest BCUT2D eigenvalue weighted by Crippen LogP contribution is 2.21. The summed E-state index contributed by atoms with van der Waals surface area (Å²) < 4.78 is 25.4. The van der Waals surface area contributed by atoms with Gasteiger partial charge in [0.1, 0.15) is 0 Å². The number of sulfone groups is 1. The predicted molar refractivity (Wildman–Crippen MR) is 105 cm³/mol. The third kappa shape index (κ3) is 5.64. The summed E-state index contributed by atoms with van der Waals surface area (Å²) in [5, 5.41) is 14.3. The Labute approximate surface area is 155 Å². The summed E-state index contributed by atoms with van der Waals surface area (Å²) in [4.78, 5) is 0.284. The van der Waals surface area contributed by atoms with Crippen molar-refractivity contribution in [2.45, 2.75) is 9.79 Å². The molecular formula is C16H18N8O2S. The van der Waals surface area contributed by atoms with Crippen LogP contribution < -0.4 is 22.9 Å². The van der Waals surface area contributed by atoms with E-state index in [4.69, 9.17) is 22.9 Å². The number of guanidine groups is 2. The predicted octanol–water partition coefficient (Wildman–Crippen LogP) is -0.266. The maximum atomic E-state index is 12.7. The molecule has 140 valence electrons. The second kappa shape index (κ2) is 8.58. The average molecular weight is 386 g/mol. The molecule has 2 rings (SSSR count). The molecule has 0 bridgehead atoms. The van der Waals surface area contributed by atoms with E-state index in [0.717, 1.165) is 0 Å². The van der Waals surface area contributed by atoms with Gasteiger partial charge in [0.05, 0.1) is 22.2 Å². The molecule has 27 heavy (non-hydrogen) atoms. The maximum Gasteiger partial charge on any atom is 0.211 e. The molecule has 0 aliphatic carbocycles. The van der Waals surface area contributed by atoms with Crippen molar-refractivity contribution >= 4 is 34.2 Å². The lowest BCUT2D eigenvalue weighted by molar-refractivity contribution is 0.596. The average Bonchev–Trinajstić information content (AvgIpc) is 2.62. The zero-order valence-corrected chi connectivity index (χ0v) is 14.9. The molecule has 0 heterocycles. The highest BCUT2D eigenvalue weighted by molar-refractivity contribution is 7.91. The van der Waals surface area contributed by atoms with Gasteiger partial charge in [-0.15, -0.1) is 10.2 Å². The molecule has 0 spiro atoms. The van der Waals surface area contributed by atoms with E-state index in [-0.39, 0.29) is 21.7 Å². The van der Waals surface area contributed by atoms with Gasteiger partial charge in [-0.3, -0.25) is 0 Å². The Hall–Kier alpha value is -3.73. The van der Waals surface area contributed by atoms with E-state index in [1.165, 1.54) is 36.7 Å². The maximum absolute atomic E-state index is 12.7. The topological polar surface area (TPSA) is 188 Å². The van der Waals surface area contributed by atoms with Gasteiger partial charge in [-0.1, -0.05) is 24.3 Å². The van der Waals surface area contributed by atoms with E-state index in [1.807, 2.05) is 0 Å². The van der Waals surface area contributed by atoms with Crippen LogP contribution in [0.5, 0.6) is 0 Å². The second-order valence-corrected chi connectivity index (χ2v) is 7.13. The van der Waals surface area contributed by atoms with Crippen molar-refractivity contribution < 1.29 is 8.42 Å². The molecular weight excluding hydrogens is 368 g/mol. The van der Waals surface area contributed by atoms with Gasteiger partial charge in [-0.25, -0.2) is 8.42 Å². The first-order valence-electron chi connectivity index (χ1n) is 7.48. The number of hydrogen-bond acceptors (Lipinski definition) is 6. The molecule has 10 nitrogen and oxygen atoms in total. The van der Waals surface area contributed by atoms with Crippen molar-refractivity contribution in [1.29, 1.82) is 0 Å². The van der Waals surface area contributed by atoms with Gasteiger partial charge < -0.3 is 22.9 Å². The highest BCUT2D eigenvalue weighted by atomic mass is 32.2. The summed E-state index contributed by atoms with van der Waals surface area (Å²) in [6, 6.07) is 12.3. The number of hydrogen-bond donors (Lipinski definition) is 4. The highest BCUT2D eigenvalue weighted by Gasteiger charge is 2.17. The number of nitrogens with zero attached hydrogens (tertiary/aromatic N) is 4.